The molecule has 0 fully saturated rings. The Bertz CT molecular complexity index is 534. The molecule has 0 amide bonds. The van der Waals surface area contributed by atoms with Crippen LogP contribution in [0.2, 0.25) is 0 Å². The smallest absolute Gasteiger partial charge is 0.379 e. The number of hydrogen-bond donors (Lipinski definition) is 1. The van der Waals surface area contributed by atoms with Gasteiger partial charge in [0.2, 0.25) is 0 Å². The molecule has 0 saturated heterocycles. The van der Waals surface area contributed by atoms with Gasteiger partial charge < -0.3 is 9.84 Å². The molecule has 0 spiro atoms. The minimum Gasteiger partial charge on any atom is -0.379 e. The fourth-order valence-corrected chi connectivity index (χ4v) is 1.57. The number of nitrogens with one attached hydrogen (secondary N) is 1. The molecule has 0 radical (unpaired) electrons. The van der Waals surface area contributed by atoms with Crippen molar-refractivity contribution in [1.29, 1.82) is 0 Å². The van der Waals surface area contributed by atoms with Crippen molar-refractivity contribution in [2.24, 2.45) is 0 Å². The molecule has 0 aliphatic carbocycles. The molecule has 96 valence electrons. The number of nitrogens with zero attached hydrogens (tertiary/aromatic N) is 1. The highest BCUT2D eigenvalue weighted by Gasteiger charge is 2.33. The Morgan fingerprint density at radius 2 is 2.00 bits per heavy atom. The van der Waals surface area contributed by atoms with Gasteiger partial charge in [-0.25, -0.2) is 0 Å². The Morgan fingerprint density at radius 1 is 1.28 bits per heavy atom. The highest BCUT2D eigenvalue weighted by molar-refractivity contribution is 5.52. The maximum atomic E-state index is 12.7. The van der Waals surface area contributed by atoms with E-state index < -0.39 is 11.7 Å². The second kappa shape index (κ2) is 4.72. The summed E-state index contributed by atoms with van der Waals surface area (Å²) in [5.74, 6) is 0.621. The predicted molar refractivity (Wildman–Crippen MR) is 60.0 cm³/mol. The molecule has 0 saturated carbocycles. The van der Waals surface area contributed by atoms with Gasteiger partial charge in [0.25, 0.3) is 0 Å². The summed E-state index contributed by atoms with van der Waals surface area (Å²) in [4.78, 5) is 0. The van der Waals surface area contributed by atoms with E-state index in [1.807, 2.05) is 0 Å². The quantitative estimate of drug-likeness (QED) is 0.911. The third kappa shape index (κ3) is 2.82. The highest BCUT2D eigenvalue weighted by atomic mass is 19.4. The van der Waals surface area contributed by atoms with Crippen molar-refractivity contribution >= 4 is 5.69 Å². The number of alkyl halides is 3. The Kier molecular flexibility index (Phi) is 3.27. The van der Waals surface area contributed by atoms with Crippen LogP contribution in [0.1, 0.15) is 17.0 Å². The lowest BCUT2D eigenvalue weighted by molar-refractivity contribution is -0.136. The molecule has 0 aliphatic rings. The number of aromatic nitrogens is 1. The number of rotatable bonds is 3. The third-order valence-electron chi connectivity index (χ3n) is 2.37. The zero-order chi connectivity index (χ0) is 13.2. The molecule has 0 unspecified atom stereocenters. The minimum absolute atomic E-state index is 0.0330. The van der Waals surface area contributed by atoms with Crippen LogP contribution in [0.3, 0.4) is 0 Å². The normalized spacial score (nSPS) is 11.6. The third-order valence-corrected chi connectivity index (χ3v) is 2.37. The van der Waals surface area contributed by atoms with Crippen molar-refractivity contribution in [2.75, 3.05) is 5.32 Å². The molecule has 1 N–H and O–H groups in total. The van der Waals surface area contributed by atoms with E-state index >= 15 is 0 Å². The summed E-state index contributed by atoms with van der Waals surface area (Å²) in [6.45, 7) is 1.91. The summed E-state index contributed by atoms with van der Waals surface area (Å²) < 4.78 is 43.0. The summed E-state index contributed by atoms with van der Waals surface area (Å²) in [6, 6.07) is 7.00. The van der Waals surface area contributed by atoms with Crippen molar-refractivity contribution in [2.45, 2.75) is 19.6 Å². The largest absolute Gasteiger partial charge is 0.418 e. The van der Waals surface area contributed by atoms with Crippen LogP contribution in [-0.4, -0.2) is 5.16 Å². The fraction of sp³-hybridized carbons (Fsp3) is 0.250. The van der Waals surface area contributed by atoms with Crippen LogP contribution >= 0.6 is 0 Å². The van der Waals surface area contributed by atoms with Gasteiger partial charge in [0.15, 0.2) is 0 Å². The SMILES string of the molecule is Cc1cc(CNc2ccccc2C(F)(F)F)no1. The predicted octanol–water partition coefficient (Wildman–Crippen LogP) is 3.61. The summed E-state index contributed by atoms with van der Waals surface area (Å²) in [5.41, 5.74) is -0.0969. The van der Waals surface area contributed by atoms with Crippen molar-refractivity contribution in [3.8, 4) is 0 Å². The molecule has 3 nitrogen and oxygen atoms in total. The van der Waals surface area contributed by atoms with Gasteiger partial charge in [-0.1, -0.05) is 17.3 Å². The van der Waals surface area contributed by atoms with Gasteiger partial charge in [-0.3, -0.25) is 0 Å². The lowest BCUT2D eigenvalue weighted by Crippen LogP contribution is -2.10. The van der Waals surface area contributed by atoms with E-state index in [4.69, 9.17) is 4.52 Å². The average Bonchev–Trinajstić information content (AvgIpc) is 2.72. The van der Waals surface area contributed by atoms with Crippen LogP contribution in [-0.2, 0) is 12.7 Å². The van der Waals surface area contributed by atoms with E-state index in [9.17, 15) is 13.2 Å². The molecule has 0 bridgehead atoms. The molecular weight excluding hydrogens is 245 g/mol. The Hall–Kier alpha value is -1.98. The van der Waals surface area contributed by atoms with E-state index in [2.05, 4.69) is 10.5 Å². The highest BCUT2D eigenvalue weighted by Crippen LogP contribution is 2.34. The maximum absolute atomic E-state index is 12.7. The number of aryl methyl sites for hydroxylation is 1. The van der Waals surface area contributed by atoms with Crippen LogP contribution < -0.4 is 5.32 Å². The van der Waals surface area contributed by atoms with Crippen LogP contribution in [0.25, 0.3) is 0 Å². The number of halogens is 3. The fourth-order valence-electron chi connectivity index (χ4n) is 1.57. The second-order valence-electron chi connectivity index (χ2n) is 3.83. The van der Waals surface area contributed by atoms with Gasteiger partial charge in [0.1, 0.15) is 11.5 Å². The monoisotopic (exact) mass is 256 g/mol. The molecule has 0 atom stereocenters. The summed E-state index contributed by atoms with van der Waals surface area (Å²) in [7, 11) is 0. The lowest BCUT2D eigenvalue weighted by Gasteiger charge is -2.13. The van der Waals surface area contributed by atoms with Crippen molar-refractivity contribution in [3.63, 3.8) is 0 Å². The van der Waals surface area contributed by atoms with Crippen molar-refractivity contribution in [3.05, 3.63) is 47.3 Å². The van der Waals surface area contributed by atoms with E-state index in [0.717, 1.165) is 6.07 Å². The Morgan fingerprint density at radius 3 is 2.61 bits per heavy atom. The average molecular weight is 256 g/mol. The van der Waals surface area contributed by atoms with Crippen LogP contribution in [0, 0.1) is 6.92 Å². The molecule has 1 aromatic heterocycles. The van der Waals surface area contributed by atoms with E-state index in [-0.39, 0.29) is 12.2 Å². The van der Waals surface area contributed by atoms with E-state index in [1.54, 1.807) is 19.1 Å². The number of anilines is 1. The lowest BCUT2D eigenvalue weighted by atomic mass is 10.1. The van der Waals surface area contributed by atoms with Crippen LogP contribution in [0.4, 0.5) is 18.9 Å². The first kappa shape index (κ1) is 12.5. The zero-order valence-electron chi connectivity index (χ0n) is 9.58. The van der Waals surface area contributed by atoms with Gasteiger partial charge >= 0.3 is 6.18 Å². The summed E-state index contributed by atoms with van der Waals surface area (Å²) in [6.07, 6.45) is -4.37. The molecule has 1 aromatic carbocycles. The van der Waals surface area contributed by atoms with Crippen LogP contribution in [0.5, 0.6) is 0 Å². The van der Waals surface area contributed by atoms with Gasteiger partial charge in [-0.2, -0.15) is 13.2 Å². The van der Waals surface area contributed by atoms with E-state index in [1.165, 1.54) is 12.1 Å². The molecule has 2 aromatic rings. The molecule has 18 heavy (non-hydrogen) atoms. The topological polar surface area (TPSA) is 38.1 Å². The minimum atomic E-state index is -4.37. The Labute approximate surface area is 102 Å². The number of benzene rings is 1. The summed E-state index contributed by atoms with van der Waals surface area (Å²) >= 11 is 0. The molecular formula is C12H11F3N2O. The molecule has 2 rings (SSSR count). The summed E-state index contributed by atoms with van der Waals surface area (Å²) in [5, 5.41) is 6.41. The van der Waals surface area contributed by atoms with Gasteiger partial charge in [0, 0.05) is 11.8 Å². The first-order valence-electron chi connectivity index (χ1n) is 5.29. The Balaban J connectivity index is 2.14. The first-order valence-corrected chi connectivity index (χ1v) is 5.29. The zero-order valence-corrected chi connectivity index (χ0v) is 9.58. The number of para-hydroxylation sites is 1. The van der Waals surface area contributed by atoms with Gasteiger partial charge in [-0.05, 0) is 19.1 Å². The molecule has 0 aliphatic heterocycles. The second-order valence-corrected chi connectivity index (χ2v) is 3.83. The number of hydrogen-bond acceptors (Lipinski definition) is 3. The maximum Gasteiger partial charge on any atom is 0.418 e. The molecule has 1 heterocycles. The standard InChI is InChI=1S/C12H11F3N2O/c1-8-6-9(17-18-8)7-16-11-5-3-2-4-10(11)12(13,14)15/h2-6,16H,7H2,1H3. The van der Waals surface area contributed by atoms with Gasteiger partial charge in [-0.15, -0.1) is 0 Å². The van der Waals surface area contributed by atoms with Crippen molar-refractivity contribution in [1.82, 2.24) is 5.16 Å². The van der Waals surface area contributed by atoms with Gasteiger partial charge in [0.05, 0.1) is 12.1 Å². The van der Waals surface area contributed by atoms with Crippen molar-refractivity contribution < 1.29 is 17.7 Å². The van der Waals surface area contributed by atoms with E-state index in [0.29, 0.717) is 11.5 Å². The van der Waals surface area contributed by atoms with Crippen LogP contribution in [0.15, 0.2) is 34.9 Å². The first-order chi connectivity index (χ1) is 8.47. The molecule has 6 heteroatoms.